The van der Waals surface area contributed by atoms with Gasteiger partial charge in [0.05, 0.1) is 5.41 Å². The topological polar surface area (TPSA) is 46.3 Å². The summed E-state index contributed by atoms with van der Waals surface area (Å²) in [5, 5.41) is 0. The summed E-state index contributed by atoms with van der Waals surface area (Å²) >= 11 is 1.69. The Labute approximate surface area is 120 Å². The van der Waals surface area contributed by atoms with E-state index in [0.29, 0.717) is 6.54 Å². The van der Waals surface area contributed by atoms with Crippen LogP contribution in [0.4, 0.5) is 5.69 Å². The van der Waals surface area contributed by atoms with Crippen molar-refractivity contribution in [3.63, 3.8) is 0 Å². The molecule has 0 saturated carbocycles. The molecule has 0 atom stereocenters. The number of hydrogen-bond acceptors (Lipinski definition) is 3. The maximum absolute atomic E-state index is 12.7. The predicted molar refractivity (Wildman–Crippen MR) is 83.7 cm³/mol. The lowest BCUT2D eigenvalue weighted by Gasteiger charge is -2.33. The SMILES string of the molecule is CCC(CC)(CN)C(=O)N(C)c1ccc(SC)cc1. The monoisotopic (exact) mass is 280 g/mol. The molecule has 106 valence electrons. The number of carbonyl (C=O) groups excluding carboxylic acids is 1. The second-order valence-electron chi connectivity index (χ2n) is 4.75. The lowest BCUT2D eigenvalue weighted by molar-refractivity contribution is -0.127. The molecule has 0 aliphatic heterocycles. The van der Waals surface area contributed by atoms with Gasteiger partial charge in [0.2, 0.25) is 5.91 Å². The lowest BCUT2D eigenvalue weighted by Crippen LogP contribution is -2.46. The van der Waals surface area contributed by atoms with Crippen LogP contribution < -0.4 is 10.6 Å². The van der Waals surface area contributed by atoms with Crippen molar-refractivity contribution in [2.45, 2.75) is 31.6 Å². The largest absolute Gasteiger partial charge is 0.329 e. The molecule has 1 aromatic carbocycles. The summed E-state index contributed by atoms with van der Waals surface area (Å²) in [4.78, 5) is 15.6. The Balaban J connectivity index is 2.97. The maximum Gasteiger partial charge on any atom is 0.234 e. The van der Waals surface area contributed by atoms with Gasteiger partial charge in [-0.2, -0.15) is 0 Å². The fraction of sp³-hybridized carbons (Fsp3) is 0.533. The highest BCUT2D eigenvalue weighted by molar-refractivity contribution is 7.98. The van der Waals surface area contributed by atoms with E-state index in [1.54, 1.807) is 16.7 Å². The van der Waals surface area contributed by atoms with Gasteiger partial charge in [0, 0.05) is 24.2 Å². The molecule has 0 aliphatic carbocycles. The number of anilines is 1. The summed E-state index contributed by atoms with van der Waals surface area (Å²) in [7, 11) is 1.83. The van der Waals surface area contributed by atoms with Crippen molar-refractivity contribution in [3.05, 3.63) is 24.3 Å². The molecule has 0 radical (unpaired) electrons. The van der Waals surface area contributed by atoms with Crippen molar-refractivity contribution in [1.29, 1.82) is 0 Å². The fourth-order valence-electron chi connectivity index (χ4n) is 2.21. The molecule has 2 N–H and O–H groups in total. The van der Waals surface area contributed by atoms with E-state index in [1.807, 2.05) is 51.4 Å². The molecule has 3 nitrogen and oxygen atoms in total. The molecule has 0 aliphatic rings. The van der Waals surface area contributed by atoms with Crippen LogP contribution in [0.3, 0.4) is 0 Å². The van der Waals surface area contributed by atoms with Gasteiger partial charge < -0.3 is 10.6 Å². The highest BCUT2D eigenvalue weighted by Crippen LogP contribution is 2.30. The number of benzene rings is 1. The lowest BCUT2D eigenvalue weighted by atomic mass is 9.81. The molecule has 0 spiro atoms. The molecule has 0 unspecified atom stereocenters. The van der Waals surface area contributed by atoms with Crippen LogP contribution in [0.5, 0.6) is 0 Å². The molecular formula is C15H24N2OS. The van der Waals surface area contributed by atoms with E-state index in [0.717, 1.165) is 18.5 Å². The molecule has 0 bridgehead atoms. The molecule has 0 fully saturated rings. The number of carbonyl (C=O) groups is 1. The summed E-state index contributed by atoms with van der Waals surface area (Å²) < 4.78 is 0. The van der Waals surface area contributed by atoms with Crippen molar-refractivity contribution >= 4 is 23.4 Å². The quantitative estimate of drug-likeness (QED) is 0.814. The molecule has 0 aromatic heterocycles. The van der Waals surface area contributed by atoms with Gasteiger partial charge in [-0.15, -0.1) is 11.8 Å². The predicted octanol–water partition coefficient (Wildman–Crippen LogP) is 3.14. The van der Waals surface area contributed by atoms with E-state index >= 15 is 0 Å². The smallest absolute Gasteiger partial charge is 0.234 e. The van der Waals surface area contributed by atoms with Crippen molar-refractivity contribution in [2.24, 2.45) is 11.1 Å². The van der Waals surface area contributed by atoms with Crippen LogP contribution in [0, 0.1) is 5.41 Å². The van der Waals surface area contributed by atoms with Gasteiger partial charge in [0.25, 0.3) is 0 Å². The molecule has 0 saturated heterocycles. The van der Waals surface area contributed by atoms with Crippen molar-refractivity contribution < 1.29 is 4.79 Å². The van der Waals surface area contributed by atoms with E-state index < -0.39 is 5.41 Å². The third kappa shape index (κ3) is 3.31. The first-order chi connectivity index (χ1) is 9.04. The molecule has 0 heterocycles. The van der Waals surface area contributed by atoms with Gasteiger partial charge in [-0.25, -0.2) is 0 Å². The van der Waals surface area contributed by atoms with Crippen LogP contribution in [0.25, 0.3) is 0 Å². The molecule has 1 aromatic rings. The van der Waals surface area contributed by atoms with Gasteiger partial charge in [0.1, 0.15) is 0 Å². The first-order valence-electron chi connectivity index (χ1n) is 6.67. The zero-order valence-electron chi connectivity index (χ0n) is 12.3. The average molecular weight is 280 g/mol. The second-order valence-corrected chi connectivity index (χ2v) is 5.63. The van der Waals surface area contributed by atoms with Crippen LogP contribution in [0.1, 0.15) is 26.7 Å². The Morgan fingerprint density at radius 2 is 1.79 bits per heavy atom. The standard InChI is InChI=1S/C15H24N2OS/c1-5-15(6-2,11-16)14(18)17(3)12-7-9-13(19-4)10-8-12/h7-10H,5-6,11,16H2,1-4H3. The van der Waals surface area contributed by atoms with Crippen LogP contribution in [0.15, 0.2) is 29.2 Å². The van der Waals surface area contributed by atoms with Gasteiger partial charge in [-0.3, -0.25) is 4.79 Å². The number of nitrogens with zero attached hydrogens (tertiary/aromatic N) is 1. The molecule has 19 heavy (non-hydrogen) atoms. The van der Waals surface area contributed by atoms with E-state index in [-0.39, 0.29) is 5.91 Å². The van der Waals surface area contributed by atoms with Crippen LogP contribution in [-0.4, -0.2) is 25.8 Å². The Kier molecular flexibility index (Phi) is 5.88. The number of nitrogens with two attached hydrogens (primary N) is 1. The van der Waals surface area contributed by atoms with Crippen molar-refractivity contribution in [2.75, 3.05) is 24.7 Å². The normalized spacial score (nSPS) is 11.4. The summed E-state index contributed by atoms with van der Waals surface area (Å²) in [5.74, 6) is 0.108. The van der Waals surface area contributed by atoms with Gasteiger partial charge in [-0.1, -0.05) is 13.8 Å². The number of hydrogen-bond donors (Lipinski definition) is 1. The van der Waals surface area contributed by atoms with E-state index in [1.165, 1.54) is 4.90 Å². The highest BCUT2D eigenvalue weighted by Gasteiger charge is 2.36. The zero-order valence-corrected chi connectivity index (χ0v) is 13.1. The first-order valence-corrected chi connectivity index (χ1v) is 7.89. The Morgan fingerprint density at radius 1 is 1.26 bits per heavy atom. The summed E-state index contributed by atoms with van der Waals surface area (Å²) in [5.41, 5.74) is 6.32. The van der Waals surface area contributed by atoms with E-state index in [2.05, 4.69) is 0 Å². The minimum Gasteiger partial charge on any atom is -0.329 e. The van der Waals surface area contributed by atoms with Gasteiger partial charge in [-0.05, 0) is 43.4 Å². The second kappa shape index (κ2) is 6.96. The van der Waals surface area contributed by atoms with Crippen LogP contribution in [0.2, 0.25) is 0 Å². The summed E-state index contributed by atoms with van der Waals surface area (Å²) in [6, 6.07) is 8.03. The zero-order chi connectivity index (χ0) is 14.5. The molecule has 1 rings (SSSR count). The number of thioether (sulfide) groups is 1. The van der Waals surface area contributed by atoms with Crippen molar-refractivity contribution in [3.8, 4) is 0 Å². The number of rotatable bonds is 6. The highest BCUT2D eigenvalue weighted by atomic mass is 32.2. The summed E-state index contributed by atoms with van der Waals surface area (Å²) in [6.07, 6.45) is 3.58. The maximum atomic E-state index is 12.7. The van der Waals surface area contributed by atoms with Crippen LogP contribution in [-0.2, 0) is 4.79 Å². The van der Waals surface area contributed by atoms with Crippen LogP contribution >= 0.6 is 11.8 Å². The van der Waals surface area contributed by atoms with E-state index in [4.69, 9.17) is 5.73 Å². The fourth-order valence-corrected chi connectivity index (χ4v) is 2.62. The molecule has 4 heteroatoms. The third-order valence-corrected chi connectivity index (χ3v) is 4.71. The Bertz CT molecular complexity index is 404. The minimum atomic E-state index is -0.438. The molecular weight excluding hydrogens is 256 g/mol. The van der Waals surface area contributed by atoms with Gasteiger partial charge in [0.15, 0.2) is 0 Å². The Hall–Kier alpha value is -1.00. The van der Waals surface area contributed by atoms with Gasteiger partial charge >= 0.3 is 0 Å². The Morgan fingerprint density at radius 3 is 2.16 bits per heavy atom. The number of amides is 1. The molecule has 1 amide bonds. The third-order valence-electron chi connectivity index (χ3n) is 3.96. The average Bonchev–Trinajstić information content (AvgIpc) is 2.48. The van der Waals surface area contributed by atoms with Crippen molar-refractivity contribution in [1.82, 2.24) is 0 Å². The minimum absolute atomic E-state index is 0.108. The summed E-state index contributed by atoms with van der Waals surface area (Å²) in [6.45, 7) is 4.45. The van der Waals surface area contributed by atoms with E-state index in [9.17, 15) is 4.79 Å². The first kappa shape index (κ1) is 16.1.